The van der Waals surface area contributed by atoms with Crippen molar-refractivity contribution in [2.75, 3.05) is 10.6 Å². The van der Waals surface area contributed by atoms with Gasteiger partial charge >= 0.3 is 0 Å². The Morgan fingerprint density at radius 3 is 2.55 bits per heavy atom. The summed E-state index contributed by atoms with van der Waals surface area (Å²) in [5.74, 6) is -1.34. The first kappa shape index (κ1) is 20.2. The molecular formula is C25H17FN4O3. The van der Waals surface area contributed by atoms with Gasteiger partial charge in [-0.3, -0.25) is 19.0 Å². The van der Waals surface area contributed by atoms with Gasteiger partial charge < -0.3 is 15.6 Å². The Morgan fingerprint density at radius 1 is 0.970 bits per heavy atom. The minimum absolute atomic E-state index is 0.0911. The van der Waals surface area contributed by atoms with Gasteiger partial charge in [-0.05, 0) is 66.7 Å². The fraction of sp³-hybridized carbons (Fsp3) is 0. The van der Waals surface area contributed by atoms with Gasteiger partial charge in [0.2, 0.25) is 0 Å². The summed E-state index contributed by atoms with van der Waals surface area (Å²) in [5, 5.41) is 5.55. The van der Waals surface area contributed by atoms with Gasteiger partial charge in [0.05, 0.1) is 16.9 Å². The summed E-state index contributed by atoms with van der Waals surface area (Å²) in [7, 11) is 0. The van der Waals surface area contributed by atoms with Gasteiger partial charge in [0.15, 0.2) is 0 Å². The summed E-state index contributed by atoms with van der Waals surface area (Å²) in [6.45, 7) is 0. The molecule has 3 heterocycles. The average molecular weight is 440 g/mol. The molecule has 33 heavy (non-hydrogen) atoms. The highest BCUT2D eigenvalue weighted by atomic mass is 19.1. The second-order valence-corrected chi connectivity index (χ2v) is 7.39. The van der Waals surface area contributed by atoms with Gasteiger partial charge in [-0.15, -0.1) is 0 Å². The maximum atomic E-state index is 13.3. The zero-order chi connectivity index (χ0) is 22.9. The number of carbonyl (C=O) groups is 2. The van der Waals surface area contributed by atoms with Crippen molar-refractivity contribution < 1.29 is 14.0 Å². The second kappa shape index (κ2) is 8.08. The number of hydrogen-bond donors (Lipinski definition) is 3. The predicted molar refractivity (Wildman–Crippen MR) is 124 cm³/mol. The molecular weight excluding hydrogens is 423 g/mol. The van der Waals surface area contributed by atoms with Crippen LogP contribution in [0.1, 0.15) is 21.6 Å². The maximum Gasteiger partial charge on any atom is 0.267 e. The lowest BCUT2D eigenvalue weighted by Gasteiger charge is -2.11. The molecule has 0 bridgehead atoms. The Kier molecular flexibility index (Phi) is 4.95. The lowest BCUT2D eigenvalue weighted by Crippen LogP contribution is -2.28. The normalized spacial score (nSPS) is 13.6. The van der Waals surface area contributed by atoms with Crippen LogP contribution in [0.25, 0.3) is 17.3 Å². The molecule has 0 aliphatic carbocycles. The standard InChI is InChI=1S/C25H17FN4O3/c26-15-8-10-17(11-9-15)30-13-3-5-18(25(30)33)23(31)28-20-6-1-7-21-22(20)19(24(32)29-21)14-16-4-2-12-27-16/h1-14,27H,(H,28,31)(H,29,32)/b19-14-. The number of fused-ring (bicyclic) bond motifs is 1. The van der Waals surface area contributed by atoms with Crippen LogP contribution in [0.4, 0.5) is 15.8 Å². The quantitative estimate of drug-likeness (QED) is 0.418. The van der Waals surface area contributed by atoms with Crippen molar-refractivity contribution in [2.24, 2.45) is 0 Å². The number of carbonyl (C=O) groups excluding carboxylic acids is 2. The van der Waals surface area contributed by atoms with Crippen molar-refractivity contribution in [3.8, 4) is 5.69 Å². The Morgan fingerprint density at radius 2 is 1.79 bits per heavy atom. The van der Waals surface area contributed by atoms with E-state index >= 15 is 0 Å². The van der Waals surface area contributed by atoms with E-state index in [-0.39, 0.29) is 11.5 Å². The third-order valence-electron chi connectivity index (χ3n) is 5.29. The van der Waals surface area contributed by atoms with Crippen LogP contribution in [-0.2, 0) is 4.79 Å². The molecule has 0 saturated heterocycles. The molecule has 4 aromatic rings. The van der Waals surface area contributed by atoms with Crippen molar-refractivity contribution in [3.63, 3.8) is 0 Å². The maximum absolute atomic E-state index is 13.3. The summed E-state index contributed by atoms with van der Waals surface area (Å²) in [5.41, 5.74) is 2.41. The number of aromatic nitrogens is 2. The van der Waals surface area contributed by atoms with E-state index in [1.165, 1.54) is 41.1 Å². The Balaban J connectivity index is 1.51. The van der Waals surface area contributed by atoms with Gasteiger partial charge in [-0.1, -0.05) is 6.07 Å². The van der Waals surface area contributed by atoms with E-state index in [0.717, 1.165) is 5.69 Å². The van der Waals surface area contributed by atoms with Crippen molar-refractivity contribution >= 4 is 34.8 Å². The van der Waals surface area contributed by atoms with Crippen molar-refractivity contribution in [2.45, 2.75) is 0 Å². The molecule has 0 spiro atoms. The van der Waals surface area contributed by atoms with Crippen molar-refractivity contribution in [3.05, 3.63) is 112 Å². The number of H-pyrrole nitrogens is 1. The molecule has 3 N–H and O–H groups in total. The van der Waals surface area contributed by atoms with Crippen LogP contribution in [0.15, 0.2) is 83.9 Å². The fourth-order valence-corrected chi connectivity index (χ4v) is 3.74. The summed E-state index contributed by atoms with van der Waals surface area (Å²) in [4.78, 5) is 41.6. The SMILES string of the molecule is O=C1Nc2cccc(NC(=O)c3cccn(-c4ccc(F)cc4)c3=O)c2/C1=C/c1ccc[nH]1. The van der Waals surface area contributed by atoms with Gasteiger partial charge in [0.1, 0.15) is 11.4 Å². The van der Waals surface area contributed by atoms with E-state index in [1.54, 1.807) is 36.5 Å². The monoisotopic (exact) mass is 440 g/mol. The number of nitrogens with zero attached hydrogens (tertiary/aromatic N) is 1. The van der Waals surface area contributed by atoms with Crippen LogP contribution in [0, 0.1) is 5.82 Å². The topological polar surface area (TPSA) is 96.0 Å². The number of benzene rings is 2. The summed E-state index contributed by atoms with van der Waals surface area (Å²) in [6.07, 6.45) is 4.95. The first-order chi connectivity index (χ1) is 16.0. The molecule has 1 aliphatic heterocycles. The number of hydrogen-bond acceptors (Lipinski definition) is 3. The van der Waals surface area contributed by atoms with E-state index in [9.17, 15) is 18.8 Å². The predicted octanol–water partition coefficient (Wildman–Crippen LogP) is 4.05. The van der Waals surface area contributed by atoms with E-state index < -0.39 is 17.3 Å². The molecule has 2 aromatic heterocycles. The van der Waals surface area contributed by atoms with Gasteiger partial charge in [0.25, 0.3) is 17.4 Å². The van der Waals surface area contributed by atoms with Crippen LogP contribution >= 0.6 is 0 Å². The Hall–Kier alpha value is -4.72. The number of rotatable bonds is 4. The molecule has 8 heteroatoms. The molecule has 2 aromatic carbocycles. The zero-order valence-electron chi connectivity index (χ0n) is 17.1. The first-order valence-corrected chi connectivity index (χ1v) is 10.1. The highest BCUT2D eigenvalue weighted by Crippen LogP contribution is 2.38. The van der Waals surface area contributed by atoms with Crippen LogP contribution in [0.2, 0.25) is 0 Å². The van der Waals surface area contributed by atoms with Crippen LogP contribution in [-0.4, -0.2) is 21.4 Å². The smallest absolute Gasteiger partial charge is 0.267 e. The molecule has 0 saturated carbocycles. The number of halogens is 1. The number of nitrogens with one attached hydrogen (secondary N) is 3. The molecule has 0 unspecified atom stereocenters. The third kappa shape index (κ3) is 3.74. The van der Waals surface area contributed by atoms with E-state index in [4.69, 9.17) is 0 Å². The highest BCUT2D eigenvalue weighted by molar-refractivity contribution is 6.36. The van der Waals surface area contributed by atoms with Crippen LogP contribution < -0.4 is 16.2 Å². The lowest BCUT2D eigenvalue weighted by molar-refractivity contribution is -0.110. The number of anilines is 2. The third-order valence-corrected chi connectivity index (χ3v) is 5.29. The second-order valence-electron chi connectivity index (χ2n) is 7.39. The Bertz CT molecular complexity index is 1470. The average Bonchev–Trinajstić information content (AvgIpc) is 3.43. The largest absolute Gasteiger partial charge is 0.362 e. The first-order valence-electron chi connectivity index (χ1n) is 10.1. The minimum Gasteiger partial charge on any atom is -0.362 e. The van der Waals surface area contributed by atoms with E-state index in [1.807, 2.05) is 12.1 Å². The Labute approximate surface area is 187 Å². The number of aromatic amines is 1. The summed E-state index contributed by atoms with van der Waals surface area (Å²) in [6, 6.07) is 17.1. The van der Waals surface area contributed by atoms with Gasteiger partial charge in [0, 0.05) is 29.3 Å². The zero-order valence-corrected chi connectivity index (χ0v) is 17.1. The van der Waals surface area contributed by atoms with Crippen LogP contribution in [0.3, 0.4) is 0 Å². The fourth-order valence-electron chi connectivity index (χ4n) is 3.74. The molecule has 5 rings (SSSR count). The number of pyridine rings is 1. The molecule has 0 fully saturated rings. The molecule has 0 atom stereocenters. The molecule has 162 valence electrons. The number of amides is 2. The van der Waals surface area contributed by atoms with Gasteiger partial charge in [-0.2, -0.15) is 0 Å². The molecule has 1 aliphatic rings. The van der Waals surface area contributed by atoms with Crippen LogP contribution in [0.5, 0.6) is 0 Å². The van der Waals surface area contributed by atoms with Gasteiger partial charge in [-0.25, -0.2) is 4.39 Å². The van der Waals surface area contributed by atoms with E-state index in [2.05, 4.69) is 15.6 Å². The molecule has 7 nitrogen and oxygen atoms in total. The molecule has 2 amide bonds. The van der Waals surface area contributed by atoms with Crippen molar-refractivity contribution in [1.82, 2.24) is 9.55 Å². The minimum atomic E-state index is -0.622. The summed E-state index contributed by atoms with van der Waals surface area (Å²) >= 11 is 0. The van der Waals surface area contributed by atoms with E-state index in [0.29, 0.717) is 28.2 Å². The van der Waals surface area contributed by atoms with Crippen molar-refractivity contribution in [1.29, 1.82) is 0 Å². The highest BCUT2D eigenvalue weighted by Gasteiger charge is 2.28. The summed E-state index contributed by atoms with van der Waals surface area (Å²) < 4.78 is 14.5. The lowest BCUT2D eigenvalue weighted by atomic mass is 10.0. The molecule has 0 radical (unpaired) electrons.